The normalized spacial score (nSPS) is 11.4. The van der Waals surface area contributed by atoms with Gasteiger partial charge >= 0.3 is 0 Å². The maximum Gasteiger partial charge on any atom is 0.164 e. The smallest absolute Gasteiger partial charge is 0.164 e. The third kappa shape index (κ3) is 17.0. The number of nitrogens with zero attached hydrogens (tertiary/aromatic N) is 12. The molecule has 27 aromatic rings. The molecule has 660 valence electrons. The maximum atomic E-state index is 5.25. The summed E-state index contributed by atoms with van der Waals surface area (Å²) < 4.78 is 3.53. The molecule has 0 saturated carbocycles. The molecule has 0 aliphatic rings. The Morgan fingerprint density at radius 2 is 0.312 bits per heavy atom. The van der Waals surface area contributed by atoms with Crippen LogP contribution in [0.25, 0.3) is 263 Å². The molecule has 0 aliphatic heterocycles. The lowest BCUT2D eigenvalue weighted by Crippen LogP contribution is -2.00. The van der Waals surface area contributed by atoms with E-state index in [4.69, 9.17) is 59.8 Å². The minimum atomic E-state index is 0.638. The number of aromatic nitrogens is 12. The average Bonchev–Trinajstić information content (AvgIpc) is 1.68. The van der Waals surface area contributed by atoms with Gasteiger partial charge in [-0.15, -0.1) is 34.0 Å². The fourth-order valence-corrected chi connectivity index (χ4v) is 21.5. The molecular formula is C126H78N12S3. The molecule has 0 saturated heterocycles. The summed E-state index contributed by atoms with van der Waals surface area (Å²) in [4.78, 5) is 60.3. The minimum Gasteiger partial charge on any atom is -0.235 e. The van der Waals surface area contributed by atoms with Crippen molar-refractivity contribution in [1.82, 2.24) is 59.8 Å². The van der Waals surface area contributed by atoms with Crippen LogP contribution in [-0.2, 0) is 0 Å². The number of fused-ring (bicyclic) bond motifs is 15. The molecule has 27 rings (SSSR count). The molecular weight excluding hydrogens is 1780 g/mol. The number of benzene rings is 21. The molecule has 0 fully saturated rings. The molecule has 0 amide bonds. The first-order valence-electron chi connectivity index (χ1n) is 46.7. The second-order valence-electron chi connectivity index (χ2n) is 34.5. The molecule has 15 heteroatoms. The van der Waals surface area contributed by atoms with Crippen molar-refractivity contribution in [3.05, 3.63) is 473 Å². The molecule has 6 heterocycles. The van der Waals surface area contributed by atoms with Crippen LogP contribution in [-0.4, -0.2) is 59.8 Å². The highest BCUT2D eigenvalue weighted by Crippen LogP contribution is 2.45. The fraction of sp³-hybridized carbons (Fsp3) is 0. The summed E-state index contributed by atoms with van der Waals surface area (Å²) in [5, 5.41) is 16.9. The van der Waals surface area contributed by atoms with Crippen LogP contribution in [0.15, 0.2) is 473 Å². The summed E-state index contributed by atoms with van der Waals surface area (Å²) in [6.07, 6.45) is 0. The monoisotopic (exact) mass is 1850 g/mol. The van der Waals surface area contributed by atoms with Crippen molar-refractivity contribution in [3.8, 4) is 168 Å². The van der Waals surface area contributed by atoms with E-state index >= 15 is 0 Å². The quantitative estimate of drug-likeness (QED) is 0.0897. The van der Waals surface area contributed by atoms with E-state index in [0.717, 1.165) is 147 Å². The van der Waals surface area contributed by atoms with Crippen molar-refractivity contribution >= 4 is 129 Å². The van der Waals surface area contributed by atoms with Gasteiger partial charge in [0.1, 0.15) is 15.0 Å². The molecule has 0 bridgehead atoms. The molecule has 12 nitrogen and oxygen atoms in total. The van der Waals surface area contributed by atoms with Gasteiger partial charge in [-0.2, -0.15) is 0 Å². The molecule has 0 aliphatic carbocycles. The van der Waals surface area contributed by atoms with Crippen molar-refractivity contribution in [3.63, 3.8) is 0 Å². The van der Waals surface area contributed by atoms with Gasteiger partial charge in [0.2, 0.25) is 0 Å². The van der Waals surface area contributed by atoms with Crippen LogP contribution in [0.5, 0.6) is 0 Å². The third-order valence-electron chi connectivity index (χ3n) is 25.6. The summed E-state index contributed by atoms with van der Waals surface area (Å²) in [5.74, 6) is 5.81. The van der Waals surface area contributed by atoms with Gasteiger partial charge in [-0.25, -0.2) is 59.8 Å². The zero-order valence-corrected chi connectivity index (χ0v) is 78.1. The topological polar surface area (TPSA) is 155 Å². The summed E-state index contributed by atoms with van der Waals surface area (Å²) in [5.41, 5.74) is 22.0. The molecule has 0 atom stereocenters. The van der Waals surface area contributed by atoms with Crippen LogP contribution in [0.4, 0.5) is 0 Å². The molecule has 21 aromatic carbocycles. The molecule has 0 unspecified atom stereocenters. The van der Waals surface area contributed by atoms with Gasteiger partial charge in [0.05, 0.1) is 30.6 Å². The van der Waals surface area contributed by atoms with Gasteiger partial charge in [0.15, 0.2) is 52.4 Å². The van der Waals surface area contributed by atoms with E-state index in [1.165, 1.54) is 63.1 Å². The van der Waals surface area contributed by atoms with Crippen LogP contribution in [0, 0.1) is 0 Å². The zero-order valence-electron chi connectivity index (χ0n) is 75.6. The van der Waals surface area contributed by atoms with E-state index in [1.807, 2.05) is 152 Å². The molecule has 0 spiro atoms. The lowest BCUT2D eigenvalue weighted by atomic mass is 9.99. The van der Waals surface area contributed by atoms with Crippen molar-refractivity contribution in [1.29, 1.82) is 0 Å². The van der Waals surface area contributed by atoms with E-state index < -0.39 is 0 Å². The van der Waals surface area contributed by atoms with Crippen LogP contribution < -0.4 is 0 Å². The van der Waals surface area contributed by atoms with Crippen LogP contribution in [0.3, 0.4) is 0 Å². The summed E-state index contributed by atoms with van der Waals surface area (Å²) in [7, 11) is 0. The first kappa shape index (κ1) is 84.6. The summed E-state index contributed by atoms with van der Waals surface area (Å²) >= 11 is 5.21. The van der Waals surface area contributed by atoms with Crippen molar-refractivity contribution < 1.29 is 0 Å². The second-order valence-corrected chi connectivity index (χ2v) is 37.6. The molecule has 6 aromatic heterocycles. The predicted octanol–water partition coefficient (Wildman–Crippen LogP) is 33.4. The maximum absolute atomic E-state index is 5.25. The van der Waals surface area contributed by atoms with Gasteiger partial charge in [-0.3, -0.25) is 0 Å². The largest absolute Gasteiger partial charge is 0.235 e. The summed E-state index contributed by atoms with van der Waals surface area (Å²) in [6, 6.07) is 164. The van der Waals surface area contributed by atoms with Gasteiger partial charge in [0.25, 0.3) is 0 Å². The van der Waals surface area contributed by atoms with Crippen LogP contribution in [0.1, 0.15) is 0 Å². The van der Waals surface area contributed by atoms with E-state index in [2.05, 4.69) is 322 Å². The minimum absolute atomic E-state index is 0.638. The Kier molecular flexibility index (Phi) is 22.3. The van der Waals surface area contributed by atoms with E-state index in [9.17, 15) is 0 Å². The Morgan fingerprint density at radius 3 is 0.617 bits per heavy atom. The van der Waals surface area contributed by atoms with E-state index in [0.29, 0.717) is 52.4 Å². The van der Waals surface area contributed by atoms with Gasteiger partial charge in [-0.05, 0) is 130 Å². The standard InChI is InChI=1S/3C42H26N4S/c1-4-11-27(12-5-1)31-17-10-18-34(25-31)42-43-38-36(47-42)24-22-28-19-20-32-26-33(21-23-35(32)37(28)38)41-45-39(29-13-6-2-7-14-29)44-40(46-41)30-15-8-3-9-16-30;1-4-11-27(12-5-1)31-17-10-18-33(25-31)40-44-39(29-13-6-2-7-14-29)45-41(46-40)34-21-23-35-32(26-34)20-19-28-22-24-36-38(37(28)35)43-42(47-36)30-15-8-3-9-16-30;1-4-10-27(11-5-1)28-16-19-31(20-17-28)40-44-39(30-12-6-2-7-13-30)45-41(46-40)34-22-24-35-33(26-34)21-18-29-23-25-36-38(37(29)35)43-42(47-36)32-14-8-3-9-15-32/h3*1-26H. The predicted molar refractivity (Wildman–Crippen MR) is 586 cm³/mol. The van der Waals surface area contributed by atoms with E-state index in [-0.39, 0.29) is 0 Å². The van der Waals surface area contributed by atoms with Crippen LogP contribution >= 0.6 is 34.0 Å². The lowest BCUT2D eigenvalue weighted by molar-refractivity contribution is 1.07. The highest BCUT2D eigenvalue weighted by molar-refractivity contribution is 7.22. The second kappa shape index (κ2) is 37.2. The Labute approximate surface area is 823 Å². The molecule has 0 N–H and O–H groups in total. The Balaban J connectivity index is 0.000000111. The van der Waals surface area contributed by atoms with Crippen molar-refractivity contribution in [2.45, 2.75) is 0 Å². The van der Waals surface area contributed by atoms with Crippen molar-refractivity contribution in [2.75, 3.05) is 0 Å². The Hall–Kier alpha value is -18.1. The SMILES string of the molecule is c1ccc(-c2ccc(-c3nc(-c4ccccc4)nc(-c4ccc5c(ccc6ccc7sc(-c8ccccc8)nc7c65)c4)n3)cc2)cc1.c1ccc(-c2cccc(-c3nc(-c4ccccc4)nc(-c4ccc5c(ccc6ccc7sc(-c8ccccc8)nc7c65)c4)n3)c2)cc1.c1ccc(-c2cccc(-c3nc4c(ccc5ccc6cc(-c7nc(-c8ccccc8)nc(-c8ccccc8)n7)ccc6c54)s3)c2)cc1. The average molecular weight is 1860 g/mol. The summed E-state index contributed by atoms with van der Waals surface area (Å²) in [6.45, 7) is 0. The van der Waals surface area contributed by atoms with Gasteiger partial charge in [-0.1, -0.05) is 425 Å². The highest BCUT2D eigenvalue weighted by atomic mass is 32.1. The van der Waals surface area contributed by atoms with Gasteiger partial charge < -0.3 is 0 Å². The van der Waals surface area contributed by atoms with Crippen LogP contribution in [0.2, 0.25) is 0 Å². The van der Waals surface area contributed by atoms with E-state index in [1.54, 1.807) is 34.0 Å². The van der Waals surface area contributed by atoms with Gasteiger partial charge in [0, 0.05) is 82.9 Å². The zero-order chi connectivity index (χ0) is 93.5. The number of hydrogen-bond acceptors (Lipinski definition) is 15. The number of hydrogen-bond donors (Lipinski definition) is 0. The highest BCUT2D eigenvalue weighted by Gasteiger charge is 2.23. The fourth-order valence-electron chi connectivity index (χ4n) is 18.6. The molecule has 0 radical (unpaired) electrons. The number of thiazole rings is 3. The first-order chi connectivity index (χ1) is 69.8. The Morgan fingerprint density at radius 1 is 0.121 bits per heavy atom. The Bertz CT molecular complexity index is 9340. The number of rotatable bonds is 15. The lowest BCUT2D eigenvalue weighted by Gasteiger charge is -2.11. The third-order valence-corrected chi connectivity index (χ3v) is 28.8. The molecule has 141 heavy (non-hydrogen) atoms. The first-order valence-corrected chi connectivity index (χ1v) is 49.1. The van der Waals surface area contributed by atoms with Crippen molar-refractivity contribution in [2.24, 2.45) is 0 Å².